The summed E-state index contributed by atoms with van der Waals surface area (Å²) in [4.78, 5) is 14.6. The van der Waals surface area contributed by atoms with Crippen LogP contribution in [0.3, 0.4) is 0 Å². The predicted molar refractivity (Wildman–Crippen MR) is 71.7 cm³/mol. The lowest BCUT2D eigenvalue weighted by Crippen LogP contribution is -2.52. The first kappa shape index (κ1) is 14.1. The van der Waals surface area contributed by atoms with E-state index in [1.54, 1.807) is 0 Å². The number of nitrogens with zero attached hydrogens (tertiary/aromatic N) is 1. The van der Waals surface area contributed by atoms with Gasteiger partial charge in [-0.05, 0) is 45.1 Å². The van der Waals surface area contributed by atoms with Crippen LogP contribution in [0.2, 0.25) is 0 Å². The molecule has 0 aromatic heterocycles. The molecule has 3 aliphatic rings. The van der Waals surface area contributed by atoms with E-state index in [0.29, 0.717) is 18.0 Å². The fourth-order valence-electron chi connectivity index (χ4n) is 3.78. The number of nitrogens with one attached hydrogen (secondary N) is 1. The third-order valence-electron chi connectivity index (χ3n) is 4.61. The molecule has 3 rings (SSSR count). The fraction of sp³-hybridized carbons (Fsp3) is 0.923. The molecule has 3 atom stereocenters. The van der Waals surface area contributed by atoms with Crippen LogP contribution in [0.4, 0.5) is 0 Å². The summed E-state index contributed by atoms with van der Waals surface area (Å²) in [5, 5.41) is 13.1. The number of halogens is 1. The highest BCUT2D eigenvalue weighted by molar-refractivity contribution is 5.85. The Morgan fingerprint density at radius 3 is 2.39 bits per heavy atom. The van der Waals surface area contributed by atoms with Crippen LogP contribution in [0.5, 0.6) is 0 Å². The lowest BCUT2D eigenvalue weighted by Gasteiger charge is -2.39. The van der Waals surface area contributed by atoms with Gasteiger partial charge in [-0.2, -0.15) is 0 Å². The molecule has 3 saturated heterocycles. The molecule has 3 fully saturated rings. The van der Waals surface area contributed by atoms with Crippen molar-refractivity contribution in [2.75, 3.05) is 13.1 Å². The van der Waals surface area contributed by atoms with Crippen LogP contribution in [-0.2, 0) is 4.79 Å². The van der Waals surface area contributed by atoms with Gasteiger partial charge >= 0.3 is 0 Å². The number of aliphatic hydroxyl groups excluding tert-OH is 1. The average Bonchev–Trinajstić information content (AvgIpc) is 2.62. The third kappa shape index (κ3) is 2.51. The summed E-state index contributed by atoms with van der Waals surface area (Å²) < 4.78 is 0. The number of carbonyl (C=O) groups excluding carboxylic acids is 1. The quantitative estimate of drug-likeness (QED) is 0.748. The summed E-state index contributed by atoms with van der Waals surface area (Å²) in [6.45, 7) is 1.90. The second-order valence-electron chi connectivity index (χ2n) is 5.80. The molecule has 0 aromatic carbocycles. The minimum Gasteiger partial charge on any atom is -0.393 e. The van der Waals surface area contributed by atoms with Crippen LogP contribution in [0.25, 0.3) is 0 Å². The number of hydrogen-bond acceptors (Lipinski definition) is 3. The SMILES string of the molecule is Cl.O=C(C1CCCNC1)N1C2CCC1CC(O)C2. The van der Waals surface area contributed by atoms with Crippen LogP contribution in [0, 0.1) is 5.92 Å². The smallest absolute Gasteiger partial charge is 0.227 e. The Labute approximate surface area is 115 Å². The van der Waals surface area contributed by atoms with E-state index in [1.165, 1.54) is 0 Å². The van der Waals surface area contributed by atoms with Crippen molar-refractivity contribution in [1.29, 1.82) is 0 Å². The number of carbonyl (C=O) groups is 1. The maximum atomic E-state index is 12.5. The number of aliphatic hydroxyl groups is 1. The number of hydrogen-bond donors (Lipinski definition) is 2. The number of fused-ring (bicyclic) bond motifs is 2. The number of amides is 1. The fourth-order valence-corrected chi connectivity index (χ4v) is 3.78. The Hall–Kier alpha value is -0.320. The van der Waals surface area contributed by atoms with Crippen molar-refractivity contribution in [2.24, 2.45) is 5.92 Å². The number of piperidine rings is 2. The first-order chi connectivity index (χ1) is 8.25. The van der Waals surface area contributed by atoms with Gasteiger partial charge < -0.3 is 15.3 Å². The van der Waals surface area contributed by atoms with Gasteiger partial charge in [-0.1, -0.05) is 0 Å². The van der Waals surface area contributed by atoms with Crippen molar-refractivity contribution in [3.05, 3.63) is 0 Å². The highest BCUT2D eigenvalue weighted by Gasteiger charge is 2.44. The van der Waals surface area contributed by atoms with E-state index in [2.05, 4.69) is 10.2 Å². The third-order valence-corrected chi connectivity index (χ3v) is 4.61. The van der Waals surface area contributed by atoms with Crippen molar-refractivity contribution in [3.63, 3.8) is 0 Å². The minimum absolute atomic E-state index is 0. The zero-order chi connectivity index (χ0) is 11.8. The van der Waals surface area contributed by atoms with Crippen LogP contribution < -0.4 is 5.32 Å². The van der Waals surface area contributed by atoms with Crippen LogP contribution in [0.15, 0.2) is 0 Å². The summed E-state index contributed by atoms with van der Waals surface area (Å²) in [5.41, 5.74) is 0. The van der Waals surface area contributed by atoms with Gasteiger partial charge in [-0.15, -0.1) is 12.4 Å². The maximum Gasteiger partial charge on any atom is 0.227 e. The van der Waals surface area contributed by atoms with Gasteiger partial charge in [0.1, 0.15) is 0 Å². The van der Waals surface area contributed by atoms with Crippen molar-refractivity contribution >= 4 is 18.3 Å². The lowest BCUT2D eigenvalue weighted by atomic mass is 9.93. The van der Waals surface area contributed by atoms with Gasteiger partial charge in [-0.25, -0.2) is 0 Å². The Morgan fingerprint density at radius 1 is 1.17 bits per heavy atom. The van der Waals surface area contributed by atoms with Gasteiger partial charge in [-0.3, -0.25) is 4.79 Å². The topological polar surface area (TPSA) is 52.6 Å². The minimum atomic E-state index is -0.180. The Balaban J connectivity index is 0.00000120. The zero-order valence-corrected chi connectivity index (χ0v) is 11.5. The molecule has 1 amide bonds. The highest BCUT2D eigenvalue weighted by atomic mass is 35.5. The molecule has 5 heteroatoms. The molecule has 0 spiro atoms. The normalized spacial score (nSPS) is 39.3. The lowest BCUT2D eigenvalue weighted by molar-refractivity contribution is -0.142. The van der Waals surface area contributed by atoms with E-state index < -0.39 is 0 Å². The van der Waals surface area contributed by atoms with Crippen LogP contribution in [0.1, 0.15) is 38.5 Å². The molecule has 3 unspecified atom stereocenters. The summed E-state index contributed by atoms with van der Waals surface area (Å²) in [6, 6.07) is 0.636. The van der Waals surface area contributed by atoms with Gasteiger partial charge in [0.2, 0.25) is 5.91 Å². The standard InChI is InChI=1S/C13H22N2O2.ClH/c16-12-6-10-3-4-11(7-12)15(10)13(17)9-2-1-5-14-8-9;/h9-12,14,16H,1-8H2;1H. The van der Waals surface area contributed by atoms with Gasteiger partial charge in [0.05, 0.1) is 12.0 Å². The molecule has 0 aliphatic carbocycles. The molecule has 4 nitrogen and oxygen atoms in total. The molecule has 104 valence electrons. The molecule has 3 aliphatic heterocycles. The van der Waals surface area contributed by atoms with Crippen LogP contribution >= 0.6 is 12.4 Å². The van der Waals surface area contributed by atoms with E-state index in [-0.39, 0.29) is 24.4 Å². The first-order valence-electron chi connectivity index (χ1n) is 6.96. The Morgan fingerprint density at radius 2 is 1.83 bits per heavy atom. The van der Waals surface area contributed by atoms with Crippen molar-refractivity contribution in [1.82, 2.24) is 10.2 Å². The molecular formula is C13H23ClN2O2. The summed E-state index contributed by atoms with van der Waals surface area (Å²) >= 11 is 0. The van der Waals surface area contributed by atoms with Crippen LogP contribution in [-0.4, -0.2) is 47.2 Å². The second-order valence-corrected chi connectivity index (χ2v) is 5.80. The summed E-state index contributed by atoms with van der Waals surface area (Å²) in [6.07, 6.45) is 5.74. The van der Waals surface area contributed by atoms with Gasteiger partial charge in [0, 0.05) is 18.6 Å². The first-order valence-corrected chi connectivity index (χ1v) is 6.96. The molecule has 3 heterocycles. The van der Waals surface area contributed by atoms with Crippen molar-refractivity contribution in [2.45, 2.75) is 56.7 Å². The van der Waals surface area contributed by atoms with E-state index in [4.69, 9.17) is 0 Å². The van der Waals surface area contributed by atoms with Gasteiger partial charge in [0.25, 0.3) is 0 Å². The maximum absolute atomic E-state index is 12.5. The molecule has 0 aromatic rings. The van der Waals surface area contributed by atoms with E-state index in [0.717, 1.165) is 51.6 Å². The zero-order valence-electron chi connectivity index (χ0n) is 10.7. The van der Waals surface area contributed by atoms with E-state index in [1.807, 2.05) is 0 Å². The van der Waals surface area contributed by atoms with Crippen molar-refractivity contribution < 1.29 is 9.90 Å². The Kier molecular flexibility index (Phi) is 4.51. The molecule has 2 N–H and O–H groups in total. The Bertz CT molecular complexity index is 293. The molecule has 18 heavy (non-hydrogen) atoms. The van der Waals surface area contributed by atoms with E-state index in [9.17, 15) is 9.90 Å². The van der Waals surface area contributed by atoms with Gasteiger partial charge in [0.15, 0.2) is 0 Å². The molecule has 0 saturated carbocycles. The largest absolute Gasteiger partial charge is 0.393 e. The van der Waals surface area contributed by atoms with Crippen molar-refractivity contribution in [3.8, 4) is 0 Å². The number of rotatable bonds is 1. The summed E-state index contributed by atoms with van der Waals surface area (Å²) in [5.74, 6) is 0.527. The average molecular weight is 275 g/mol. The predicted octanol–water partition coefficient (Wildman–Crippen LogP) is 0.922. The second kappa shape index (κ2) is 5.76. The molecular weight excluding hydrogens is 252 g/mol. The summed E-state index contributed by atoms with van der Waals surface area (Å²) in [7, 11) is 0. The molecule has 2 bridgehead atoms. The van der Waals surface area contributed by atoms with E-state index >= 15 is 0 Å². The molecule has 0 radical (unpaired) electrons. The highest BCUT2D eigenvalue weighted by Crippen LogP contribution is 2.37. The monoisotopic (exact) mass is 274 g/mol.